The maximum Gasteiger partial charge on any atom is 0.408 e. The quantitative estimate of drug-likeness (QED) is 0.273. The summed E-state index contributed by atoms with van der Waals surface area (Å²) in [5.41, 5.74) is -0.202. The predicted octanol–water partition coefficient (Wildman–Crippen LogP) is 1.80. The zero-order valence-corrected chi connectivity index (χ0v) is 21.5. The van der Waals surface area contributed by atoms with Crippen LogP contribution in [-0.2, 0) is 25.7 Å². The van der Waals surface area contributed by atoms with E-state index in [4.69, 9.17) is 9.47 Å². The maximum atomic E-state index is 14.8. The van der Waals surface area contributed by atoms with Gasteiger partial charge in [0.15, 0.2) is 11.6 Å². The second kappa shape index (κ2) is 14.5. The van der Waals surface area contributed by atoms with Crippen molar-refractivity contribution in [1.82, 2.24) is 14.9 Å². The van der Waals surface area contributed by atoms with Crippen molar-refractivity contribution in [2.75, 3.05) is 11.9 Å². The molecule has 1 aliphatic heterocycles. The lowest BCUT2D eigenvalue weighted by molar-refractivity contribution is -0.118. The van der Waals surface area contributed by atoms with Crippen LogP contribution in [0.1, 0.15) is 57.2 Å². The smallest absolute Gasteiger partial charge is 0.408 e. The van der Waals surface area contributed by atoms with Gasteiger partial charge >= 0.3 is 11.8 Å². The minimum Gasteiger partial charge on any atom is -0.445 e. The van der Waals surface area contributed by atoms with E-state index in [-0.39, 0.29) is 25.2 Å². The number of carbonyl (C=O) groups excluding carboxylic acids is 3. The highest BCUT2D eigenvalue weighted by Crippen LogP contribution is 2.27. The molecule has 1 aromatic carbocycles. The van der Waals surface area contributed by atoms with Crippen molar-refractivity contribution in [3.63, 3.8) is 0 Å². The number of halogens is 1. The Kier molecular flexibility index (Phi) is 11.1. The van der Waals surface area contributed by atoms with Gasteiger partial charge < -0.3 is 35.1 Å². The number of nitrogens with one attached hydrogen (secondary N) is 2. The number of aliphatic hydroxyl groups is 2. The predicted molar refractivity (Wildman–Crippen MR) is 136 cm³/mol. The molecule has 2 amide bonds. The Morgan fingerprint density at radius 2 is 1.97 bits per heavy atom. The number of ether oxygens (including phenoxy) is 2. The summed E-state index contributed by atoms with van der Waals surface area (Å²) in [6.07, 6.45) is -0.850. The summed E-state index contributed by atoms with van der Waals surface area (Å²) in [6, 6.07) is 7.80. The van der Waals surface area contributed by atoms with Gasteiger partial charge in [-0.2, -0.15) is 4.98 Å². The van der Waals surface area contributed by atoms with E-state index in [0.29, 0.717) is 25.7 Å². The molecule has 2 aromatic rings. The lowest BCUT2D eigenvalue weighted by Crippen LogP contribution is -2.44. The molecule has 3 rings (SSSR count). The molecular formula is C26H33FN4O8. The van der Waals surface area contributed by atoms with Gasteiger partial charge in [-0.1, -0.05) is 43.2 Å². The normalized spacial score (nSPS) is 19.3. The highest BCUT2D eigenvalue weighted by atomic mass is 19.1. The summed E-state index contributed by atoms with van der Waals surface area (Å²) in [5.74, 6) is -2.44. The molecule has 1 fully saturated rings. The Bertz CT molecular complexity index is 1190. The molecular weight excluding hydrogens is 515 g/mol. The first kappa shape index (κ1) is 29.9. The molecule has 1 saturated heterocycles. The molecule has 0 aliphatic carbocycles. The lowest BCUT2D eigenvalue weighted by Gasteiger charge is -2.19. The molecule has 2 heterocycles. The number of amides is 2. The fraction of sp³-hybridized carbons (Fsp3) is 0.500. The molecule has 12 nitrogen and oxygen atoms in total. The number of hydrogen-bond acceptors (Lipinski definition) is 9. The van der Waals surface area contributed by atoms with Gasteiger partial charge in [-0.3, -0.25) is 9.36 Å². The van der Waals surface area contributed by atoms with E-state index in [1.807, 2.05) is 6.07 Å². The monoisotopic (exact) mass is 548 g/mol. The van der Waals surface area contributed by atoms with E-state index in [1.54, 1.807) is 24.3 Å². The number of hydrogen-bond donors (Lipinski definition) is 4. The van der Waals surface area contributed by atoms with Crippen molar-refractivity contribution in [3.8, 4) is 0 Å². The summed E-state index contributed by atoms with van der Waals surface area (Å²) >= 11 is 0. The molecule has 1 aliphatic rings. The van der Waals surface area contributed by atoms with Crippen molar-refractivity contribution < 1.29 is 38.5 Å². The molecule has 13 heteroatoms. The molecule has 4 atom stereocenters. The van der Waals surface area contributed by atoms with Crippen LogP contribution in [0.4, 0.5) is 15.0 Å². The van der Waals surface area contributed by atoms with Gasteiger partial charge in [0.2, 0.25) is 5.91 Å². The number of ketones is 1. The van der Waals surface area contributed by atoms with E-state index < -0.39 is 60.4 Å². The van der Waals surface area contributed by atoms with Crippen molar-refractivity contribution in [2.24, 2.45) is 0 Å². The Balaban J connectivity index is 1.66. The first-order valence-electron chi connectivity index (χ1n) is 12.7. The van der Waals surface area contributed by atoms with Gasteiger partial charge in [0.25, 0.3) is 0 Å². The van der Waals surface area contributed by atoms with Crippen LogP contribution in [0.3, 0.4) is 0 Å². The summed E-state index contributed by atoms with van der Waals surface area (Å²) in [5, 5.41) is 23.8. The molecule has 1 aromatic heterocycles. The molecule has 0 spiro atoms. The molecule has 212 valence electrons. The lowest BCUT2D eigenvalue weighted by atomic mass is 10.1. The molecule has 2 unspecified atom stereocenters. The van der Waals surface area contributed by atoms with Crippen molar-refractivity contribution in [1.29, 1.82) is 0 Å². The van der Waals surface area contributed by atoms with Gasteiger partial charge in [-0.25, -0.2) is 14.0 Å². The van der Waals surface area contributed by atoms with Gasteiger partial charge in [0, 0.05) is 12.8 Å². The number of unbranched alkanes of at least 4 members (excludes halogenated alkanes) is 2. The second-order valence-electron chi connectivity index (χ2n) is 9.29. The summed E-state index contributed by atoms with van der Waals surface area (Å²) < 4.78 is 26.2. The SMILES string of the molecule is CC(=O)CCCCCC(NC(=O)OCc1ccccc1)C(=O)Nc1nc(=O)n([C@H]2CC(O)[C@@H](CO)O2)cc1F. The highest BCUT2D eigenvalue weighted by Gasteiger charge is 2.35. The van der Waals surface area contributed by atoms with Crippen LogP contribution in [0.5, 0.6) is 0 Å². The highest BCUT2D eigenvalue weighted by molar-refractivity contribution is 5.95. The number of nitrogens with zero attached hydrogens (tertiary/aromatic N) is 2. The van der Waals surface area contributed by atoms with E-state index in [0.717, 1.165) is 16.3 Å². The first-order chi connectivity index (χ1) is 18.7. The number of carbonyl (C=O) groups is 3. The third kappa shape index (κ3) is 8.94. The van der Waals surface area contributed by atoms with E-state index in [9.17, 15) is 33.8 Å². The molecule has 39 heavy (non-hydrogen) atoms. The van der Waals surface area contributed by atoms with Gasteiger partial charge in [-0.05, 0) is 25.3 Å². The molecule has 0 bridgehead atoms. The van der Waals surface area contributed by atoms with Crippen molar-refractivity contribution in [3.05, 3.63) is 58.4 Å². The van der Waals surface area contributed by atoms with Crippen molar-refractivity contribution >= 4 is 23.6 Å². The molecule has 0 saturated carbocycles. The number of aliphatic hydroxyl groups excluding tert-OH is 2. The van der Waals surface area contributed by atoms with Crippen LogP contribution in [0, 0.1) is 5.82 Å². The second-order valence-corrected chi connectivity index (χ2v) is 9.29. The van der Waals surface area contributed by atoms with Gasteiger partial charge in [0.05, 0.1) is 18.9 Å². The minimum absolute atomic E-state index is 0.0247. The minimum atomic E-state index is -1.13. The average Bonchev–Trinajstić information content (AvgIpc) is 3.29. The third-order valence-electron chi connectivity index (χ3n) is 6.19. The number of aromatic nitrogens is 2. The zero-order valence-electron chi connectivity index (χ0n) is 21.5. The Labute approximate surface area is 224 Å². The largest absolute Gasteiger partial charge is 0.445 e. The first-order valence-corrected chi connectivity index (χ1v) is 12.7. The van der Waals surface area contributed by atoms with E-state index in [2.05, 4.69) is 15.6 Å². The Morgan fingerprint density at radius 3 is 2.64 bits per heavy atom. The fourth-order valence-electron chi connectivity index (χ4n) is 4.07. The van der Waals surface area contributed by atoms with Crippen LogP contribution < -0.4 is 16.3 Å². The van der Waals surface area contributed by atoms with Crippen LogP contribution in [-0.4, -0.2) is 62.4 Å². The van der Waals surface area contributed by atoms with Crippen LogP contribution in [0.2, 0.25) is 0 Å². The fourth-order valence-corrected chi connectivity index (χ4v) is 4.07. The van der Waals surface area contributed by atoms with E-state index in [1.165, 1.54) is 6.92 Å². The Morgan fingerprint density at radius 1 is 1.23 bits per heavy atom. The topological polar surface area (TPSA) is 169 Å². The zero-order chi connectivity index (χ0) is 28.4. The number of alkyl carbamates (subject to hydrolysis) is 1. The summed E-state index contributed by atoms with van der Waals surface area (Å²) in [7, 11) is 0. The number of anilines is 1. The number of rotatable bonds is 13. The van der Waals surface area contributed by atoms with Gasteiger partial charge in [-0.15, -0.1) is 0 Å². The molecule has 4 N–H and O–H groups in total. The summed E-state index contributed by atoms with van der Waals surface area (Å²) in [6.45, 7) is 0.984. The molecule has 0 radical (unpaired) electrons. The average molecular weight is 549 g/mol. The van der Waals surface area contributed by atoms with Gasteiger partial charge in [0.1, 0.15) is 30.8 Å². The Hall–Kier alpha value is -3.68. The number of Topliss-reactive ketones (excluding diaryl/α,β-unsaturated/α-hetero) is 1. The van der Waals surface area contributed by atoms with Crippen LogP contribution >= 0.6 is 0 Å². The van der Waals surface area contributed by atoms with Crippen LogP contribution in [0.25, 0.3) is 0 Å². The maximum absolute atomic E-state index is 14.8. The van der Waals surface area contributed by atoms with Crippen LogP contribution in [0.15, 0.2) is 41.3 Å². The third-order valence-corrected chi connectivity index (χ3v) is 6.19. The standard InChI is InChI=1S/C26H33FN4O8/c1-16(33)8-4-2-7-11-19(28-26(37)38-15-17-9-5-3-6-10-17)24(35)29-23-18(27)13-31(25(36)30-23)22-12-20(34)21(14-32)39-22/h3,5-6,9-10,13,19-22,32,34H,2,4,7-8,11-12,14-15H2,1H3,(H,28,37)(H,29,30,35,36)/t19?,20?,21-,22-/m1/s1. The van der Waals surface area contributed by atoms with E-state index >= 15 is 0 Å². The number of benzene rings is 1. The van der Waals surface area contributed by atoms with Crippen molar-refractivity contribution in [2.45, 2.75) is 76.5 Å². The summed E-state index contributed by atoms with van der Waals surface area (Å²) in [4.78, 5) is 52.7.